The van der Waals surface area contributed by atoms with Crippen molar-refractivity contribution < 1.29 is 23.9 Å². The van der Waals surface area contributed by atoms with Gasteiger partial charge in [-0.1, -0.05) is 11.6 Å². The molecule has 0 unspecified atom stereocenters. The monoisotopic (exact) mass is 339 g/mol. The van der Waals surface area contributed by atoms with Crippen LogP contribution in [0.25, 0.3) is 0 Å². The number of nitrogens with one attached hydrogen (secondary N) is 1. The van der Waals surface area contributed by atoms with Gasteiger partial charge in [0.25, 0.3) is 0 Å². The Bertz CT molecular complexity index is 691. The minimum atomic E-state index is -1.01. The molecular formula is C14H14ClN3O5. The van der Waals surface area contributed by atoms with Crippen LogP contribution in [-0.4, -0.2) is 53.8 Å². The fourth-order valence-corrected chi connectivity index (χ4v) is 2.31. The molecule has 0 saturated carbocycles. The lowest BCUT2D eigenvalue weighted by Gasteiger charge is -2.14. The Kier molecular flexibility index (Phi) is 4.85. The molecule has 5 amide bonds. The fourth-order valence-electron chi connectivity index (χ4n) is 2.06. The quantitative estimate of drug-likeness (QED) is 0.640. The summed E-state index contributed by atoms with van der Waals surface area (Å²) in [6, 6.07) is 3.78. The van der Waals surface area contributed by atoms with Gasteiger partial charge in [-0.3, -0.25) is 19.3 Å². The molecule has 1 saturated heterocycles. The zero-order valence-corrected chi connectivity index (χ0v) is 13.2. The van der Waals surface area contributed by atoms with Gasteiger partial charge in [0.05, 0.1) is 12.1 Å². The Labute approximate surface area is 136 Å². The van der Waals surface area contributed by atoms with Crippen molar-refractivity contribution in [2.24, 2.45) is 0 Å². The topological polar surface area (TPSA) is 96.0 Å². The second-order valence-electron chi connectivity index (χ2n) is 4.62. The number of ether oxygens (including phenoxy) is 1. The maximum atomic E-state index is 12.0. The lowest BCUT2D eigenvalue weighted by molar-refractivity contribution is -0.143. The highest BCUT2D eigenvalue weighted by Gasteiger charge is 2.44. The SMILES string of the molecule is CCN1C(=O)C(=O)N(CC(=O)Nc2ccc(OC)c(Cl)c2)C1=O. The number of methoxy groups -OCH3 is 1. The first-order chi connectivity index (χ1) is 10.9. The molecule has 1 fully saturated rings. The third-order valence-electron chi connectivity index (χ3n) is 3.19. The molecule has 2 rings (SSSR count). The lowest BCUT2D eigenvalue weighted by Crippen LogP contribution is -2.38. The zero-order valence-electron chi connectivity index (χ0n) is 12.5. The van der Waals surface area contributed by atoms with Crippen LogP contribution in [0.5, 0.6) is 5.75 Å². The van der Waals surface area contributed by atoms with E-state index < -0.39 is 30.3 Å². The Morgan fingerprint density at radius 3 is 2.39 bits per heavy atom. The molecule has 1 aromatic rings. The summed E-state index contributed by atoms with van der Waals surface area (Å²) >= 11 is 5.94. The highest BCUT2D eigenvalue weighted by molar-refractivity contribution is 6.45. The summed E-state index contributed by atoms with van der Waals surface area (Å²) in [6.07, 6.45) is 0. The maximum absolute atomic E-state index is 12.0. The Balaban J connectivity index is 2.05. The first kappa shape index (κ1) is 16.8. The van der Waals surface area contributed by atoms with E-state index in [9.17, 15) is 19.2 Å². The molecule has 23 heavy (non-hydrogen) atoms. The lowest BCUT2D eigenvalue weighted by atomic mass is 10.3. The van der Waals surface area contributed by atoms with Gasteiger partial charge in [0.1, 0.15) is 12.3 Å². The molecule has 0 bridgehead atoms. The van der Waals surface area contributed by atoms with Crippen LogP contribution in [0, 0.1) is 0 Å². The molecule has 1 aliphatic heterocycles. The van der Waals surface area contributed by atoms with Crippen molar-refractivity contribution >= 4 is 41.0 Å². The molecule has 0 radical (unpaired) electrons. The Morgan fingerprint density at radius 1 is 1.22 bits per heavy atom. The number of nitrogens with zero attached hydrogens (tertiary/aromatic N) is 2. The smallest absolute Gasteiger partial charge is 0.334 e. The van der Waals surface area contributed by atoms with E-state index >= 15 is 0 Å². The number of likely N-dealkylation sites (N-methyl/N-ethyl adjacent to an activating group) is 1. The number of amides is 5. The fraction of sp³-hybridized carbons (Fsp3) is 0.286. The van der Waals surface area contributed by atoms with Crippen LogP contribution in [0.15, 0.2) is 18.2 Å². The Hall–Kier alpha value is -2.61. The van der Waals surface area contributed by atoms with Gasteiger partial charge in [0.2, 0.25) is 5.91 Å². The van der Waals surface area contributed by atoms with Crippen LogP contribution >= 0.6 is 11.6 Å². The number of rotatable bonds is 5. The number of hydrogen-bond donors (Lipinski definition) is 1. The number of anilines is 1. The second-order valence-corrected chi connectivity index (χ2v) is 5.03. The van der Waals surface area contributed by atoms with E-state index in [-0.39, 0.29) is 6.54 Å². The standard InChI is InChI=1S/C14H14ClN3O5/c1-3-17-12(20)13(21)18(14(17)22)7-11(19)16-8-4-5-10(23-2)9(15)6-8/h4-6H,3,7H2,1-2H3,(H,16,19). The molecule has 0 atom stereocenters. The molecular weight excluding hydrogens is 326 g/mol. The van der Waals surface area contributed by atoms with Gasteiger partial charge in [-0.25, -0.2) is 9.69 Å². The first-order valence-corrected chi connectivity index (χ1v) is 7.07. The predicted octanol–water partition coefficient (Wildman–Crippen LogP) is 1.10. The summed E-state index contributed by atoms with van der Waals surface area (Å²) in [5.41, 5.74) is 0.374. The third-order valence-corrected chi connectivity index (χ3v) is 3.48. The number of halogens is 1. The molecule has 1 N–H and O–H groups in total. The summed E-state index contributed by atoms with van der Waals surface area (Å²) in [5, 5.41) is 2.79. The van der Waals surface area contributed by atoms with E-state index in [1.807, 2.05) is 0 Å². The number of hydrogen-bond acceptors (Lipinski definition) is 5. The molecule has 1 aliphatic rings. The number of carbonyl (C=O) groups is 4. The summed E-state index contributed by atoms with van der Waals surface area (Å²) in [7, 11) is 1.46. The molecule has 0 aromatic heterocycles. The Morgan fingerprint density at radius 2 is 1.87 bits per heavy atom. The maximum Gasteiger partial charge on any atom is 0.334 e. The van der Waals surface area contributed by atoms with Crippen LogP contribution in [0.3, 0.4) is 0 Å². The number of carbonyl (C=O) groups excluding carboxylic acids is 4. The van der Waals surface area contributed by atoms with E-state index in [0.717, 1.165) is 4.90 Å². The van der Waals surface area contributed by atoms with Crippen LogP contribution < -0.4 is 10.1 Å². The van der Waals surface area contributed by atoms with E-state index in [1.165, 1.54) is 13.2 Å². The van der Waals surface area contributed by atoms with Crippen molar-refractivity contribution in [2.45, 2.75) is 6.92 Å². The van der Waals surface area contributed by atoms with Gasteiger partial charge in [-0.05, 0) is 25.1 Å². The zero-order chi connectivity index (χ0) is 17.1. The van der Waals surface area contributed by atoms with E-state index in [2.05, 4.69) is 5.32 Å². The van der Waals surface area contributed by atoms with Crippen molar-refractivity contribution in [2.75, 3.05) is 25.5 Å². The van der Waals surface area contributed by atoms with Crippen LogP contribution in [0.2, 0.25) is 5.02 Å². The van der Waals surface area contributed by atoms with Gasteiger partial charge in [-0.15, -0.1) is 0 Å². The van der Waals surface area contributed by atoms with Crippen molar-refractivity contribution in [3.63, 3.8) is 0 Å². The highest BCUT2D eigenvalue weighted by Crippen LogP contribution is 2.27. The minimum absolute atomic E-state index is 0.0651. The molecule has 0 aliphatic carbocycles. The van der Waals surface area contributed by atoms with Gasteiger partial charge in [-0.2, -0.15) is 0 Å². The molecule has 9 heteroatoms. The van der Waals surface area contributed by atoms with Gasteiger partial charge in [0.15, 0.2) is 0 Å². The summed E-state index contributed by atoms with van der Waals surface area (Å²) in [6.45, 7) is 1.07. The van der Waals surface area contributed by atoms with Crippen LogP contribution in [0.4, 0.5) is 10.5 Å². The average Bonchev–Trinajstić information content (AvgIpc) is 2.71. The third kappa shape index (κ3) is 3.26. The largest absolute Gasteiger partial charge is 0.495 e. The molecule has 1 aromatic carbocycles. The van der Waals surface area contributed by atoms with Crippen molar-refractivity contribution in [3.8, 4) is 5.75 Å². The molecule has 122 valence electrons. The number of urea groups is 1. The summed E-state index contributed by atoms with van der Waals surface area (Å²) in [5.74, 6) is -2.13. The number of benzene rings is 1. The van der Waals surface area contributed by atoms with E-state index in [0.29, 0.717) is 21.4 Å². The van der Waals surface area contributed by atoms with Crippen molar-refractivity contribution in [1.82, 2.24) is 9.80 Å². The van der Waals surface area contributed by atoms with E-state index in [1.54, 1.807) is 19.1 Å². The van der Waals surface area contributed by atoms with Crippen molar-refractivity contribution in [3.05, 3.63) is 23.2 Å². The normalized spacial score (nSPS) is 14.5. The van der Waals surface area contributed by atoms with E-state index in [4.69, 9.17) is 16.3 Å². The first-order valence-electron chi connectivity index (χ1n) is 6.69. The van der Waals surface area contributed by atoms with Gasteiger partial charge in [0, 0.05) is 12.2 Å². The second kappa shape index (κ2) is 6.66. The van der Waals surface area contributed by atoms with Crippen LogP contribution in [-0.2, 0) is 14.4 Å². The summed E-state index contributed by atoms with van der Waals surface area (Å²) < 4.78 is 4.99. The van der Waals surface area contributed by atoms with Crippen LogP contribution in [0.1, 0.15) is 6.92 Å². The number of imide groups is 2. The van der Waals surface area contributed by atoms with Crippen molar-refractivity contribution in [1.29, 1.82) is 0 Å². The molecule has 8 nitrogen and oxygen atoms in total. The molecule has 1 heterocycles. The highest BCUT2D eigenvalue weighted by atomic mass is 35.5. The summed E-state index contributed by atoms with van der Waals surface area (Å²) in [4.78, 5) is 48.5. The molecule has 0 spiro atoms. The van der Waals surface area contributed by atoms with Gasteiger partial charge >= 0.3 is 17.8 Å². The average molecular weight is 340 g/mol. The minimum Gasteiger partial charge on any atom is -0.495 e. The predicted molar refractivity (Wildman–Crippen MR) is 81.1 cm³/mol. The van der Waals surface area contributed by atoms with Gasteiger partial charge < -0.3 is 10.1 Å².